The second-order valence-corrected chi connectivity index (χ2v) is 6.46. The molecule has 5 heteroatoms. The number of benzene rings is 3. The minimum Gasteiger partial charge on any atom is -0.488 e. The number of hydrogen-bond donors (Lipinski definition) is 1. The van der Waals surface area contributed by atoms with Crippen molar-refractivity contribution in [2.24, 2.45) is 0 Å². The van der Waals surface area contributed by atoms with E-state index in [1.807, 2.05) is 60.7 Å². The summed E-state index contributed by atoms with van der Waals surface area (Å²) in [5.41, 5.74) is 2.65. The summed E-state index contributed by atoms with van der Waals surface area (Å²) < 4.78 is 11.8. The number of anilines is 1. The smallest absolute Gasteiger partial charge is 0.411 e. The fourth-order valence-corrected chi connectivity index (χ4v) is 2.80. The summed E-state index contributed by atoms with van der Waals surface area (Å²) in [5.74, 6) is 0.706. The lowest BCUT2D eigenvalue weighted by Crippen LogP contribution is -2.13. The van der Waals surface area contributed by atoms with Crippen LogP contribution in [0.3, 0.4) is 0 Å². The second kappa shape index (κ2) is 9.06. The Hall–Kier alpha value is -2.79. The molecule has 0 heterocycles. The quantitative estimate of drug-likeness (QED) is 0.559. The van der Waals surface area contributed by atoms with Gasteiger partial charge in [0.15, 0.2) is 0 Å². The topological polar surface area (TPSA) is 47.6 Å². The van der Waals surface area contributed by atoms with Gasteiger partial charge < -0.3 is 9.47 Å². The third-order valence-corrected chi connectivity index (χ3v) is 4.25. The third-order valence-electron chi connectivity index (χ3n) is 3.63. The fraction of sp³-hybridized carbons (Fsp3) is 0.0952. The van der Waals surface area contributed by atoms with Gasteiger partial charge in [-0.2, -0.15) is 0 Å². The lowest BCUT2D eigenvalue weighted by atomic mass is 10.2. The molecule has 0 radical (unpaired) electrons. The van der Waals surface area contributed by atoms with Crippen LogP contribution in [0.25, 0.3) is 0 Å². The molecule has 132 valence electrons. The molecule has 1 amide bonds. The molecule has 0 saturated heterocycles. The Morgan fingerprint density at radius 2 is 1.46 bits per heavy atom. The first kappa shape index (κ1) is 18.0. The lowest BCUT2D eigenvalue weighted by molar-refractivity contribution is 0.155. The molecule has 3 aromatic rings. The van der Waals surface area contributed by atoms with Crippen LogP contribution in [0.5, 0.6) is 5.75 Å². The van der Waals surface area contributed by atoms with Crippen molar-refractivity contribution in [1.29, 1.82) is 0 Å². The number of halogens is 1. The van der Waals surface area contributed by atoms with Crippen LogP contribution in [0.15, 0.2) is 83.3 Å². The largest absolute Gasteiger partial charge is 0.488 e. The molecule has 4 nitrogen and oxygen atoms in total. The highest BCUT2D eigenvalue weighted by atomic mass is 79.9. The first-order valence-electron chi connectivity index (χ1n) is 8.15. The molecule has 0 aliphatic carbocycles. The molecule has 0 spiro atoms. The molecule has 0 saturated carbocycles. The predicted octanol–water partition coefficient (Wildman–Crippen LogP) is 5.78. The average molecular weight is 412 g/mol. The van der Waals surface area contributed by atoms with Crippen molar-refractivity contribution in [3.05, 3.63) is 94.5 Å². The van der Waals surface area contributed by atoms with Crippen molar-refractivity contribution < 1.29 is 14.3 Å². The van der Waals surface area contributed by atoms with Gasteiger partial charge in [-0.25, -0.2) is 4.79 Å². The molecule has 3 aromatic carbocycles. The van der Waals surface area contributed by atoms with E-state index in [2.05, 4.69) is 21.2 Å². The van der Waals surface area contributed by atoms with E-state index in [0.717, 1.165) is 15.6 Å². The van der Waals surface area contributed by atoms with Crippen LogP contribution in [0.2, 0.25) is 0 Å². The van der Waals surface area contributed by atoms with Gasteiger partial charge in [-0.15, -0.1) is 0 Å². The Morgan fingerprint density at radius 1 is 0.846 bits per heavy atom. The third kappa shape index (κ3) is 5.36. The van der Waals surface area contributed by atoms with Gasteiger partial charge in [-0.3, -0.25) is 5.32 Å². The van der Waals surface area contributed by atoms with E-state index in [9.17, 15) is 4.79 Å². The Labute approximate surface area is 160 Å². The molecule has 0 unspecified atom stereocenters. The molecule has 0 aliphatic rings. The molecule has 0 aliphatic heterocycles. The van der Waals surface area contributed by atoms with Crippen molar-refractivity contribution in [2.45, 2.75) is 13.2 Å². The van der Waals surface area contributed by atoms with Crippen LogP contribution in [-0.2, 0) is 18.0 Å². The van der Waals surface area contributed by atoms with E-state index in [1.54, 1.807) is 18.2 Å². The summed E-state index contributed by atoms with van der Waals surface area (Å²) in [7, 11) is 0. The van der Waals surface area contributed by atoms with E-state index in [4.69, 9.17) is 9.47 Å². The summed E-state index contributed by atoms with van der Waals surface area (Å²) in [6.45, 7) is 0.706. The molecule has 0 aromatic heterocycles. The lowest BCUT2D eigenvalue weighted by Gasteiger charge is -2.11. The Morgan fingerprint density at radius 3 is 2.08 bits per heavy atom. The van der Waals surface area contributed by atoms with Gasteiger partial charge in [0.25, 0.3) is 0 Å². The van der Waals surface area contributed by atoms with Crippen molar-refractivity contribution in [3.8, 4) is 5.75 Å². The molecular weight excluding hydrogens is 394 g/mol. The maximum atomic E-state index is 11.9. The van der Waals surface area contributed by atoms with Crippen LogP contribution in [0, 0.1) is 0 Å². The first-order valence-corrected chi connectivity index (χ1v) is 8.94. The Balaban J connectivity index is 1.52. The zero-order valence-corrected chi connectivity index (χ0v) is 15.6. The molecule has 1 N–H and O–H groups in total. The normalized spacial score (nSPS) is 10.2. The van der Waals surface area contributed by atoms with Crippen LogP contribution in [0.1, 0.15) is 11.1 Å². The average Bonchev–Trinajstić information content (AvgIpc) is 2.67. The summed E-state index contributed by atoms with van der Waals surface area (Å²) in [6, 6.07) is 24.8. The standard InChI is InChI=1S/C21H18BrNO3/c22-19-13-18(23-21(24)26-15-17-9-5-2-6-10-17)11-12-20(19)25-14-16-7-3-1-4-8-16/h1-13H,14-15H2,(H,23,24). The number of carbonyl (C=O) groups is 1. The van der Waals surface area contributed by atoms with Gasteiger partial charge in [-0.05, 0) is 45.3 Å². The molecule has 3 rings (SSSR count). The number of hydrogen-bond acceptors (Lipinski definition) is 3. The highest BCUT2D eigenvalue weighted by Crippen LogP contribution is 2.29. The summed E-state index contributed by atoms with van der Waals surface area (Å²) in [5, 5.41) is 2.71. The van der Waals surface area contributed by atoms with Crippen LogP contribution in [-0.4, -0.2) is 6.09 Å². The zero-order chi connectivity index (χ0) is 18.2. The summed E-state index contributed by atoms with van der Waals surface area (Å²) in [6.07, 6.45) is -0.501. The number of ether oxygens (including phenoxy) is 2. The van der Waals surface area contributed by atoms with E-state index < -0.39 is 6.09 Å². The maximum absolute atomic E-state index is 11.9. The number of carbonyl (C=O) groups excluding carboxylic acids is 1. The Kier molecular flexibility index (Phi) is 6.28. The van der Waals surface area contributed by atoms with E-state index >= 15 is 0 Å². The minimum absolute atomic E-state index is 0.228. The summed E-state index contributed by atoms with van der Waals surface area (Å²) in [4.78, 5) is 11.9. The van der Waals surface area contributed by atoms with Crippen LogP contribution < -0.4 is 10.1 Å². The molecule has 0 fully saturated rings. The molecule has 0 bridgehead atoms. The predicted molar refractivity (Wildman–Crippen MR) is 105 cm³/mol. The van der Waals surface area contributed by atoms with Gasteiger partial charge in [0.2, 0.25) is 0 Å². The fourth-order valence-electron chi connectivity index (χ4n) is 2.31. The number of nitrogens with one attached hydrogen (secondary N) is 1. The SMILES string of the molecule is O=C(Nc1ccc(OCc2ccccc2)c(Br)c1)OCc1ccccc1. The van der Waals surface area contributed by atoms with E-state index in [0.29, 0.717) is 18.0 Å². The van der Waals surface area contributed by atoms with Crippen molar-refractivity contribution in [3.63, 3.8) is 0 Å². The van der Waals surface area contributed by atoms with Gasteiger partial charge in [0, 0.05) is 5.69 Å². The monoisotopic (exact) mass is 411 g/mol. The van der Waals surface area contributed by atoms with Crippen LogP contribution in [0.4, 0.5) is 10.5 Å². The van der Waals surface area contributed by atoms with Gasteiger partial charge in [0.1, 0.15) is 19.0 Å². The highest BCUT2D eigenvalue weighted by Gasteiger charge is 2.07. The molecule has 26 heavy (non-hydrogen) atoms. The Bertz CT molecular complexity index is 854. The zero-order valence-electron chi connectivity index (χ0n) is 14.0. The minimum atomic E-state index is -0.501. The van der Waals surface area contributed by atoms with Gasteiger partial charge >= 0.3 is 6.09 Å². The van der Waals surface area contributed by atoms with E-state index in [1.165, 1.54) is 0 Å². The number of amides is 1. The molecule has 0 atom stereocenters. The van der Waals surface area contributed by atoms with Crippen molar-refractivity contribution in [1.82, 2.24) is 0 Å². The van der Waals surface area contributed by atoms with Gasteiger partial charge in [-0.1, -0.05) is 60.7 Å². The van der Waals surface area contributed by atoms with Crippen molar-refractivity contribution in [2.75, 3.05) is 5.32 Å². The van der Waals surface area contributed by atoms with Crippen LogP contribution >= 0.6 is 15.9 Å². The first-order chi connectivity index (χ1) is 12.7. The second-order valence-electron chi connectivity index (χ2n) is 5.61. The summed E-state index contributed by atoms with van der Waals surface area (Å²) >= 11 is 3.47. The van der Waals surface area contributed by atoms with Gasteiger partial charge in [0.05, 0.1) is 4.47 Å². The molecular formula is C21H18BrNO3. The van der Waals surface area contributed by atoms with E-state index in [-0.39, 0.29) is 6.61 Å². The number of rotatable bonds is 6. The maximum Gasteiger partial charge on any atom is 0.411 e. The highest BCUT2D eigenvalue weighted by molar-refractivity contribution is 9.10. The van der Waals surface area contributed by atoms with Crippen molar-refractivity contribution >= 4 is 27.7 Å².